The molecule has 178 valence electrons. The van der Waals surface area contributed by atoms with Gasteiger partial charge in [-0.05, 0) is 62.5 Å². The topological polar surface area (TPSA) is 99.3 Å². The third-order valence-corrected chi connectivity index (χ3v) is 7.23. The predicted octanol–water partition coefficient (Wildman–Crippen LogP) is 1.73. The van der Waals surface area contributed by atoms with Gasteiger partial charge in [-0.15, -0.1) is 0 Å². The van der Waals surface area contributed by atoms with E-state index in [0.29, 0.717) is 36.7 Å². The minimum Gasteiger partial charge on any atom is -0.494 e. The number of nitrogens with zero attached hydrogens (tertiary/aromatic N) is 3. The van der Waals surface area contributed by atoms with Crippen LogP contribution in [0.3, 0.4) is 0 Å². The first-order chi connectivity index (χ1) is 15.7. The summed E-state index contributed by atoms with van der Waals surface area (Å²) in [5.41, 5.74) is 1.04. The largest absolute Gasteiger partial charge is 0.494 e. The molecule has 2 aromatic carbocycles. The van der Waals surface area contributed by atoms with Gasteiger partial charge in [0.05, 0.1) is 18.0 Å². The minimum atomic E-state index is -3.83. The average molecular weight is 475 g/mol. The molecule has 0 bridgehead atoms. The molecule has 1 saturated heterocycles. The number of nitrogens with one attached hydrogen (secondary N) is 1. The number of anilines is 1. The Morgan fingerprint density at radius 3 is 2.18 bits per heavy atom. The molecular weight excluding hydrogens is 444 g/mol. The number of hydrogen-bond acceptors (Lipinski definition) is 6. The fourth-order valence-corrected chi connectivity index (χ4v) is 4.56. The molecule has 0 radical (unpaired) electrons. The van der Waals surface area contributed by atoms with Gasteiger partial charge in [-0.25, -0.2) is 8.42 Å². The van der Waals surface area contributed by atoms with Crippen molar-refractivity contribution in [3.8, 4) is 5.75 Å². The first kappa shape index (κ1) is 24.7. The van der Waals surface area contributed by atoms with Gasteiger partial charge in [0.15, 0.2) is 0 Å². The van der Waals surface area contributed by atoms with Crippen molar-refractivity contribution in [1.29, 1.82) is 0 Å². The summed E-state index contributed by atoms with van der Waals surface area (Å²) in [4.78, 5) is 29.1. The number of carbonyl (C=O) groups excluding carboxylic acids is 2. The van der Waals surface area contributed by atoms with Crippen LogP contribution in [0.15, 0.2) is 53.4 Å². The summed E-state index contributed by atoms with van der Waals surface area (Å²) in [7, 11) is -0.451. The Balaban J connectivity index is 1.56. The quantitative estimate of drug-likeness (QED) is 0.626. The van der Waals surface area contributed by atoms with E-state index >= 15 is 0 Å². The smallest absolute Gasteiger partial charge is 0.253 e. The molecule has 1 aliphatic heterocycles. The molecule has 1 fully saturated rings. The fraction of sp³-hybridized carbons (Fsp3) is 0.391. The summed E-state index contributed by atoms with van der Waals surface area (Å²) >= 11 is 0. The number of piperazine rings is 1. The van der Waals surface area contributed by atoms with E-state index in [2.05, 4.69) is 10.2 Å². The van der Waals surface area contributed by atoms with Gasteiger partial charge >= 0.3 is 0 Å². The number of carbonyl (C=O) groups is 2. The zero-order valence-electron chi connectivity index (χ0n) is 19.2. The van der Waals surface area contributed by atoms with Crippen molar-refractivity contribution in [1.82, 2.24) is 14.1 Å². The fourth-order valence-electron chi connectivity index (χ4n) is 3.43. The van der Waals surface area contributed by atoms with Crippen LogP contribution in [-0.4, -0.2) is 87.8 Å². The van der Waals surface area contributed by atoms with Crippen LogP contribution in [0.1, 0.15) is 17.3 Å². The maximum atomic E-state index is 12.7. The highest BCUT2D eigenvalue weighted by atomic mass is 32.2. The summed E-state index contributed by atoms with van der Waals surface area (Å²) in [5.74, 6) is 0.0544. The second-order valence-electron chi connectivity index (χ2n) is 7.89. The number of ether oxygens (including phenoxy) is 1. The Kier molecular flexibility index (Phi) is 8.06. The molecule has 0 aliphatic carbocycles. The van der Waals surface area contributed by atoms with Crippen molar-refractivity contribution < 1.29 is 22.7 Å². The lowest BCUT2D eigenvalue weighted by Gasteiger charge is -2.32. The number of sulfonamides is 1. The van der Waals surface area contributed by atoms with Crippen LogP contribution in [0.5, 0.6) is 5.75 Å². The van der Waals surface area contributed by atoms with Gasteiger partial charge in [0.1, 0.15) is 5.75 Å². The van der Waals surface area contributed by atoms with Crippen molar-refractivity contribution >= 4 is 27.5 Å². The third-order valence-electron chi connectivity index (χ3n) is 5.42. The highest BCUT2D eigenvalue weighted by Crippen LogP contribution is 2.19. The Bertz CT molecular complexity index is 1060. The molecule has 1 N–H and O–H groups in total. The van der Waals surface area contributed by atoms with E-state index in [0.717, 1.165) is 17.4 Å². The third kappa shape index (κ3) is 6.31. The van der Waals surface area contributed by atoms with Crippen LogP contribution < -0.4 is 10.1 Å². The van der Waals surface area contributed by atoms with Crippen molar-refractivity contribution in [2.24, 2.45) is 0 Å². The predicted molar refractivity (Wildman–Crippen MR) is 126 cm³/mol. The molecule has 3 rings (SSSR count). The summed E-state index contributed by atoms with van der Waals surface area (Å²) in [6.45, 7) is 5.02. The molecule has 1 heterocycles. The molecule has 0 atom stereocenters. The van der Waals surface area contributed by atoms with Crippen LogP contribution in [0.25, 0.3) is 0 Å². The number of rotatable bonds is 8. The number of amides is 2. The maximum Gasteiger partial charge on any atom is 0.253 e. The molecule has 0 unspecified atom stereocenters. The van der Waals surface area contributed by atoms with E-state index in [1.54, 1.807) is 36.4 Å². The molecule has 9 nitrogen and oxygen atoms in total. The first-order valence-corrected chi connectivity index (χ1v) is 12.2. The first-order valence-electron chi connectivity index (χ1n) is 10.8. The van der Waals surface area contributed by atoms with Crippen LogP contribution in [-0.2, 0) is 14.8 Å². The van der Waals surface area contributed by atoms with Crippen molar-refractivity contribution in [3.63, 3.8) is 0 Å². The van der Waals surface area contributed by atoms with E-state index in [-0.39, 0.29) is 17.3 Å². The van der Waals surface area contributed by atoms with Crippen LogP contribution in [0.2, 0.25) is 0 Å². The van der Waals surface area contributed by atoms with Gasteiger partial charge in [0, 0.05) is 44.5 Å². The highest BCUT2D eigenvalue weighted by Gasteiger charge is 2.23. The molecule has 1 aliphatic rings. The van der Waals surface area contributed by atoms with E-state index in [1.807, 2.05) is 18.9 Å². The Morgan fingerprint density at radius 1 is 1.00 bits per heavy atom. The average Bonchev–Trinajstić information content (AvgIpc) is 2.80. The summed E-state index contributed by atoms with van der Waals surface area (Å²) in [6, 6.07) is 12.7. The minimum absolute atomic E-state index is 0.0397. The summed E-state index contributed by atoms with van der Waals surface area (Å²) < 4.78 is 31.8. The monoisotopic (exact) mass is 474 g/mol. The van der Waals surface area contributed by atoms with Crippen LogP contribution in [0, 0.1) is 0 Å². The zero-order valence-corrected chi connectivity index (χ0v) is 20.0. The Hall–Kier alpha value is -2.95. The lowest BCUT2D eigenvalue weighted by molar-refractivity contribution is -0.116. The lowest BCUT2D eigenvalue weighted by atomic mass is 10.1. The van der Waals surface area contributed by atoms with Gasteiger partial charge in [-0.3, -0.25) is 9.59 Å². The van der Waals surface area contributed by atoms with Crippen LogP contribution >= 0.6 is 0 Å². The second-order valence-corrected chi connectivity index (χ2v) is 9.93. The molecule has 0 spiro atoms. The van der Waals surface area contributed by atoms with E-state index in [4.69, 9.17) is 4.74 Å². The highest BCUT2D eigenvalue weighted by molar-refractivity contribution is 7.89. The lowest BCUT2D eigenvalue weighted by Crippen LogP contribution is -2.47. The molecule has 2 amide bonds. The van der Waals surface area contributed by atoms with Crippen molar-refractivity contribution in [2.75, 3.05) is 58.7 Å². The summed E-state index contributed by atoms with van der Waals surface area (Å²) in [6.07, 6.45) is 0. The standard InChI is InChI=1S/C23H30N4O5S/c1-4-32-20-9-11-21(12-10-20)33(30,31)26(3)17-22(28)24-19-7-5-18(6-8-19)23(29)27-15-13-25(2)14-16-27/h5-12H,4,13-17H2,1-3H3,(H,24,28). The maximum absolute atomic E-state index is 12.7. The van der Waals surface area contributed by atoms with Gasteiger partial charge in [0.25, 0.3) is 5.91 Å². The zero-order chi connectivity index (χ0) is 24.0. The van der Waals surface area contributed by atoms with Gasteiger partial charge in [-0.1, -0.05) is 0 Å². The molecule has 0 saturated carbocycles. The second kappa shape index (κ2) is 10.8. The van der Waals surface area contributed by atoms with Gasteiger partial charge < -0.3 is 19.9 Å². The molecule has 33 heavy (non-hydrogen) atoms. The van der Waals surface area contributed by atoms with E-state index in [9.17, 15) is 18.0 Å². The van der Waals surface area contributed by atoms with E-state index in [1.165, 1.54) is 19.2 Å². The normalized spacial score (nSPS) is 14.8. The number of hydrogen-bond donors (Lipinski definition) is 1. The molecule has 10 heteroatoms. The van der Waals surface area contributed by atoms with Crippen LogP contribution in [0.4, 0.5) is 5.69 Å². The molecule has 0 aromatic heterocycles. The van der Waals surface area contributed by atoms with Crippen molar-refractivity contribution in [2.45, 2.75) is 11.8 Å². The van der Waals surface area contributed by atoms with Crippen molar-refractivity contribution in [3.05, 3.63) is 54.1 Å². The van der Waals surface area contributed by atoms with Gasteiger partial charge in [0.2, 0.25) is 15.9 Å². The SMILES string of the molecule is CCOc1ccc(S(=O)(=O)N(C)CC(=O)Nc2ccc(C(=O)N3CCN(C)CC3)cc2)cc1. The molecule has 2 aromatic rings. The number of benzene rings is 2. The Morgan fingerprint density at radius 2 is 1.61 bits per heavy atom. The Labute approximate surface area is 195 Å². The molecular formula is C23H30N4O5S. The number of likely N-dealkylation sites (N-methyl/N-ethyl adjacent to an activating group) is 2. The van der Waals surface area contributed by atoms with E-state index < -0.39 is 15.9 Å². The van der Waals surface area contributed by atoms with Gasteiger partial charge in [-0.2, -0.15) is 4.31 Å². The summed E-state index contributed by atoms with van der Waals surface area (Å²) in [5, 5.41) is 2.68.